The molecule has 2 atom stereocenters. The summed E-state index contributed by atoms with van der Waals surface area (Å²) in [5.41, 5.74) is 9.72. The molecule has 1 heterocycles. The second-order valence-corrected chi connectivity index (χ2v) is 4.98. The van der Waals surface area contributed by atoms with E-state index in [1.54, 1.807) is 6.07 Å². The van der Waals surface area contributed by atoms with Crippen LogP contribution in [0.2, 0.25) is 0 Å². The minimum Gasteiger partial charge on any atom is -0.508 e. The van der Waals surface area contributed by atoms with Crippen molar-refractivity contribution in [2.75, 3.05) is 0 Å². The summed E-state index contributed by atoms with van der Waals surface area (Å²) in [6, 6.07) is 10.00. The maximum Gasteiger partial charge on any atom is 0.119 e. The van der Waals surface area contributed by atoms with Gasteiger partial charge in [0.2, 0.25) is 0 Å². The van der Waals surface area contributed by atoms with Crippen LogP contribution in [-0.4, -0.2) is 24.5 Å². The SMILES string of the molecule is Cc1ccc(-c2ccc([C@H]3C[C@@H]3N)cn2)cc1O.[B].[U]. The molecule has 99 valence electrons. The Labute approximate surface area is 144 Å². The Balaban J connectivity index is 0.000001000. The van der Waals surface area contributed by atoms with Crippen LogP contribution in [0.1, 0.15) is 23.5 Å². The third-order valence-corrected chi connectivity index (χ3v) is 3.56. The molecule has 1 fully saturated rings. The maximum atomic E-state index is 9.70. The number of hydrogen-bond acceptors (Lipinski definition) is 3. The summed E-state index contributed by atoms with van der Waals surface area (Å²) in [5, 5.41) is 9.70. The van der Waals surface area contributed by atoms with E-state index in [4.69, 9.17) is 5.73 Å². The molecule has 1 aromatic heterocycles. The molecule has 1 aliphatic rings. The van der Waals surface area contributed by atoms with Gasteiger partial charge in [-0.1, -0.05) is 18.2 Å². The number of nitrogens with two attached hydrogens (primary N) is 1. The fourth-order valence-corrected chi connectivity index (χ4v) is 2.16. The van der Waals surface area contributed by atoms with Crippen LogP contribution in [0.25, 0.3) is 11.3 Å². The Bertz CT molecular complexity index is 589. The van der Waals surface area contributed by atoms with Crippen LogP contribution < -0.4 is 5.73 Å². The molecule has 2 aromatic rings. The summed E-state index contributed by atoms with van der Waals surface area (Å²) >= 11 is 0. The summed E-state index contributed by atoms with van der Waals surface area (Å²) < 4.78 is 0. The summed E-state index contributed by atoms with van der Waals surface area (Å²) in [6.07, 6.45) is 2.95. The molecule has 0 saturated heterocycles. The van der Waals surface area contributed by atoms with Gasteiger partial charge in [-0.3, -0.25) is 4.98 Å². The molecule has 0 unspecified atom stereocenters. The first-order chi connectivity index (χ1) is 8.65. The maximum absolute atomic E-state index is 9.70. The van der Waals surface area contributed by atoms with Gasteiger partial charge >= 0.3 is 0 Å². The Morgan fingerprint density at radius 1 is 1.25 bits per heavy atom. The van der Waals surface area contributed by atoms with E-state index in [0.717, 1.165) is 23.2 Å². The smallest absolute Gasteiger partial charge is 0.119 e. The number of nitrogens with zero attached hydrogens (tertiary/aromatic N) is 1. The summed E-state index contributed by atoms with van der Waals surface area (Å²) in [4.78, 5) is 4.45. The van der Waals surface area contributed by atoms with Crippen molar-refractivity contribution in [3.8, 4) is 17.0 Å². The predicted molar refractivity (Wildman–Crippen MR) is 77.2 cm³/mol. The topological polar surface area (TPSA) is 59.1 Å². The van der Waals surface area contributed by atoms with Crippen molar-refractivity contribution in [2.24, 2.45) is 5.73 Å². The molecule has 5 heteroatoms. The molecule has 3 rings (SSSR count). The van der Waals surface area contributed by atoms with Crippen molar-refractivity contribution in [1.82, 2.24) is 4.98 Å². The van der Waals surface area contributed by atoms with Crippen LogP contribution in [0.3, 0.4) is 0 Å². The normalized spacial score (nSPS) is 19.7. The number of benzene rings is 1. The number of aromatic nitrogens is 1. The van der Waals surface area contributed by atoms with Crippen LogP contribution in [0.15, 0.2) is 36.5 Å². The van der Waals surface area contributed by atoms with Crippen molar-refractivity contribution in [3.05, 3.63) is 47.7 Å². The molecule has 0 amide bonds. The number of pyridine rings is 1. The first-order valence-corrected chi connectivity index (χ1v) is 6.16. The van der Waals surface area contributed by atoms with E-state index in [9.17, 15) is 5.11 Å². The Hall–Kier alpha value is -0.753. The number of phenols is 1. The monoisotopic (exact) mass is 489 g/mol. The first-order valence-electron chi connectivity index (χ1n) is 6.16. The molecule has 0 spiro atoms. The number of phenolic OH excluding ortho intramolecular Hbond substituents is 1. The Morgan fingerprint density at radius 3 is 2.45 bits per heavy atom. The van der Waals surface area contributed by atoms with Gasteiger partial charge in [-0.15, -0.1) is 0 Å². The minimum absolute atomic E-state index is 0. The van der Waals surface area contributed by atoms with Crippen LogP contribution in [-0.2, 0) is 0 Å². The quantitative estimate of drug-likeness (QED) is 0.637. The van der Waals surface area contributed by atoms with Gasteiger partial charge in [0.1, 0.15) is 5.75 Å². The molecule has 1 aromatic carbocycles. The Kier molecular flexibility index (Phi) is 5.88. The molecular weight excluding hydrogens is 473 g/mol. The largest absolute Gasteiger partial charge is 0.508 e. The molecule has 0 bridgehead atoms. The second kappa shape index (κ2) is 6.80. The van der Waals surface area contributed by atoms with Crippen LogP contribution >= 0.6 is 0 Å². The second-order valence-electron chi connectivity index (χ2n) is 4.98. The molecule has 1 saturated carbocycles. The van der Waals surface area contributed by atoms with Gasteiger partial charge in [-0.05, 0) is 36.6 Å². The fraction of sp³-hybridized carbons (Fsp3) is 0.267. The van der Waals surface area contributed by atoms with Crippen molar-refractivity contribution in [1.29, 1.82) is 0 Å². The zero-order valence-electron chi connectivity index (χ0n) is 11.4. The predicted octanol–water partition coefficient (Wildman–Crippen LogP) is 2.20. The molecular formula is C15H16BN2OU. The fourth-order valence-electron chi connectivity index (χ4n) is 2.16. The van der Waals surface area contributed by atoms with Gasteiger partial charge in [0, 0.05) is 63.2 Å². The van der Waals surface area contributed by atoms with Crippen molar-refractivity contribution < 1.29 is 36.2 Å². The molecule has 0 aliphatic heterocycles. The molecule has 1 aliphatic carbocycles. The van der Waals surface area contributed by atoms with Crippen molar-refractivity contribution >= 4 is 8.41 Å². The van der Waals surface area contributed by atoms with E-state index in [2.05, 4.69) is 11.1 Å². The number of hydrogen-bond donors (Lipinski definition) is 2. The Morgan fingerprint density at radius 2 is 1.95 bits per heavy atom. The first kappa shape index (κ1) is 17.3. The van der Waals surface area contributed by atoms with Gasteiger partial charge in [-0.2, -0.15) is 0 Å². The van der Waals surface area contributed by atoms with Crippen LogP contribution in [0.5, 0.6) is 5.75 Å². The van der Waals surface area contributed by atoms with E-state index < -0.39 is 0 Å². The van der Waals surface area contributed by atoms with E-state index in [1.165, 1.54) is 5.56 Å². The summed E-state index contributed by atoms with van der Waals surface area (Å²) in [5.74, 6) is 0.792. The molecule has 3 nitrogen and oxygen atoms in total. The number of rotatable bonds is 2. The number of aromatic hydroxyl groups is 1. The number of aryl methyl sites for hydroxylation is 1. The average Bonchev–Trinajstić information content (AvgIpc) is 3.10. The van der Waals surface area contributed by atoms with Crippen LogP contribution in [0, 0.1) is 38.0 Å². The van der Waals surface area contributed by atoms with E-state index >= 15 is 0 Å². The van der Waals surface area contributed by atoms with E-state index in [1.807, 2.05) is 31.3 Å². The van der Waals surface area contributed by atoms with Gasteiger partial charge in [0.15, 0.2) is 0 Å². The van der Waals surface area contributed by atoms with Gasteiger partial charge < -0.3 is 10.8 Å². The van der Waals surface area contributed by atoms with Gasteiger partial charge in [-0.25, -0.2) is 0 Å². The van der Waals surface area contributed by atoms with Crippen molar-refractivity contribution in [3.63, 3.8) is 0 Å². The van der Waals surface area contributed by atoms with Crippen LogP contribution in [0.4, 0.5) is 0 Å². The zero-order valence-corrected chi connectivity index (χ0v) is 15.5. The molecule has 3 N–H and O–H groups in total. The minimum atomic E-state index is 0. The van der Waals surface area contributed by atoms with Gasteiger partial charge in [0.05, 0.1) is 5.69 Å². The third-order valence-electron chi connectivity index (χ3n) is 3.56. The molecule has 20 heavy (non-hydrogen) atoms. The standard InChI is InChI=1S/C15H16N2O.B.U/c1-9-2-3-10(6-15(9)18)14-5-4-11(8-17-14)12-7-13(12)16;;/h2-6,8,12-13,18H,7,16H2,1H3;;/t12-,13+;;/m1../s1. The molecule has 3 radical (unpaired) electrons. The summed E-state index contributed by atoms with van der Waals surface area (Å²) in [7, 11) is 0. The van der Waals surface area contributed by atoms with Gasteiger partial charge in [0.25, 0.3) is 0 Å². The van der Waals surface area contributed by atoms with E-state index in [0.29, 0.717) is 17.7 Å². The van der Waals surface area contributed by atoms with E-state index in [-0.39, 0.29) is 39.5 Å². The third kappa shape index (κ3) is 3.47. The van der Waals surface area contributed by atoms with Crippen molar-refractivity contribution in [2.45, 2.75) is 25.3 Å². The summed E-state index contributed by atoms with van der Waals surface area (Å²) in [6.45, 7) is 1.88. The zero-order chi connectivity index (χ0) is 12.7. The average molecular weight is 489 g/mol.